The Bertz CT molecular complexity index is 1700. The molecule has 0 aliphatic heterocycles. The van der Waals surface area contributed by atoms with Gasteiger partial charge in [0.2, 0.25) is 11.8 Å². The Morgan fingerprint density at radius 2 is 1.59 bits per heavy atom. The predicted molar refractivity (Wildman–Crippen MR) is 201 cm³/mol. The highest BCUT2D eigenvalue weighted by atomic mass is 32.3. The van der Waals surface area contributed by atoms with E-state index in [2.05, 4.69) is 5.32 Å². The summed E-state index contributed by atoms with van der Waals surface area (Å²) in [5.74, 6) is -0.652. The maximum absolute atomic E-state index is 14.5. The van der Waals surface area contributed by atoms with Gasteiger partial charge >= 0.3 is 6.09 Å². The molecule has 0 bridgehead atoms. The van der Waals surface area contributed by atoms with Crippen molar-refractivity contribution in [3.05, 3.63) is 82.6 Å². The number of benzene rings is 2. The topological polar surface area (TPSA) is 119 Å². The van der Waals surface area contributed by atoms with Crippen molar-refractivity contribution in [2.24, 2.45) is 0 Å². The lowest BCUT2D eigenvalue weighted by molar-refractivity contribution is -0.143. The number of nitrogens with zero attached hydrogens (tertiary/aromatic N) is 3. The summed E-state index contributed by atoms with van der Waals surface area (Å²) in [7, 11) is 0.814. The number of alkyl carbamates (subject to hydrolysis) is 1. The van der Waals surface area contributed by atoms with E-state index in [-0.39, 0.29) is 24.8 Å². The fourth-order valence-corrected chi connectivity index (χ4v) is 6.62. The number of nitrogens with one attached hydrogen (secondary N) is 1. The SMILES string of the molecule is CN(C(=O)[C@@H](Cc1ccc2ccccc2c1)N(C)C(=O)/C=C/CC(C)(C)NC(=O)OC(C)(C)C)[C@H](Cc1cccs1)CN(C)S(C)(C)(=O)O. The van der Waals surface area contributed by atoms with Gasteiger partial charge in [-0.3, -0.25) is 14.1 Å². The van der Waals surface area contributed by atoms with Crippen LogP contribution in [0, 0.1) is 0 Å². The first-order chi connectivity index (χ1) is 22.5. The van der Waals surface area contributed by atoms with Crippen LogP contribution in [0.25, 0.3) is 10.8 Å². The third-order valence-corrected chi connectivity index (χ3v) is 11.2. The maximum atomic E-state index is 14.5. The monoisotopic (exact) mass is 714 g/mol. The number of carbonyl (C=O) groups is 3. The van der Waals surface area contributed by atoms with Crippen molar-refractivity contribution in [1.82, 2.24) is 19.4 Å². The number of likely N-dealkylation sites (N-methyl/N-ethyl adjacent to an activating group) is 3. The molecular weight excluding hydrogens is 661 g/mol. The first-order valence-electron chi connectivity index (χ1n) is 16.3. The van der Waals surface area contributed by atoms with E-state index in [4.69, 9.17) is 4.74 Å². The molecule has 12 heteroatoms. The van der Waals surface area contributed by atoms with Gasteiger partial charge in [-0.25, -0.2) is 9.10 Å². The van der Waals surface area contributed by atoms with E-state index in [1.54, 1.807) is 64.2 Å². The molecule has 270 valence electrons. The molecule has 2 N–H and O–H groups in total. The second-order valence-electron chi connectivity index (χ2n) is 14.9. The van der Waals surface area contributed by atoms with Gasteiger partial charge in [-0.2, -0.15) is 4.21 Å². The zero-order valence-electron chi connectivity index (χ0n) is 30.6. The second-order valence-corrected chi connectivity index (χ2v) is 19.9. The van der Waals surface area contributed by atoms with Gasteiger partial charge in [0.05, 0.1) is 6.04 Å². The standard InChI is InChI=1S/C37H54N4O6S2/c1-36(2,3)47-35(44)38-37(4,5)21-13-18-33(42)41(8)32(24-27-19-20-28-15-11-12-16-29(28)23-27)34(43)40(7)30(25-31-17-14-22-48-31)26-39(6)49(9,10,45)46/h11-20,22-23,30,32H,21,24-26H2,1-10H3,(H,38,44)(H,45,46)/b18-13+/t30-,32-/m1/s1. The minimum atomic E-state index is -4.08. The number of thiophene rings is 1. The van der Waals surface area contributed by atoms with Crippen LogP contribution in [0.1, 0.15) is 51.5 Å². The molecule has 0 radical (unpaired) electrons. The normalized spacial score (nSPS) is 14.7. The Morgan fingerprint density at radius 3 is 2.18 bits per heavy atom. The molecule has 10 nitrogen and oxygen atoms in total. The van der Waals surface area contributed by atoms with Crippen LogP contribution in [-0.4, -0.2) is 104 Å². The van der Waals surface area contributed by atoms with Crippen LogP contribution >= 0.6 is 11.3 Å². The van der Waals surface area contributed by atoms with Crippen molar-refractivity contribution in [1.29, 1.82) is 0 Å². The van der Waals surface area contributed by atoms with Crippen molar-refractivity contribution < 1.29 is 27.9 Å². The number of ether oxygens (including phenoxy) is 1. The van der Waals surface area contributed by atoms with Gasteiger partial charge in [-0.15, -0.1) is 20.9 Å². The van der Waals surface area contributed by atoms with Crippen LogP contribution < -0.4 is 5.32 Å². The molecule has 3 amide bonds. The minimum Gasteiger partial charge on any atom is -0.444 e. The van der Waals surface area contributed by atoms with Crippen LogP contribution in [0.4, 0.5) is 4.79 Å². The summed E-state index contributed by atoms with van der Waals surface area (Å²) < 4.78 is 30.6. The summed E-state index contributed by atoms with van der Waals surface area (Å²) in [5, 5.41) is 6.90. The fourth-order valence-electron chi connectivity index (χ4n) is 5.24. The van der Waals surface area contributed by atoms with Gasteiger partial charge in [-0.1, -0.05) is 54.6 Å². The number of fused-ring (bicyclic) bond motifs is 1. The van der Waals surface area contributed by atoms with E-state index >= 15 is 0 Å². The summed E-state index contributed by atoms with van der Waals surface area (Å²) in [6.45, 7) is 9.19. The van der Waals surface area contributed by atoms with E-state index in [1.165, 1.54) is 27.8 Å². The number of hydrogen-bond donors (Lipinski definition) is 2. The summed E-state index contributed by atoms with van der Waals surface area (Å²) in [6, 6.07) is 16.6. The van der Waals surface area contributed by atoms with Gasteiger partial charge < -0.3 is 19.9 Å². The molecule has 0 aliphatic rings. The molecule has 2 atom stereocenters. The Labute approximate surface area is 295 Å². The number of hydrogen-bond acceptors (Lipinski definition) is 6. The van der Waals surface area contributed by atoms with Crippen LogP contribution in [-0.2, 0) is 36.7 Å². The zero-order chi connectivity index (χ0) is 36.8. The van der Waals surface area contributed by atoms with E-state index in [0.717, 1.165) is 21.2 Å². The highest BCUT2D eigenvalue weighted by Crippen LogP contribution is 2.24. The molecule has 1 heterocycles. The third-order valence-electron chi connectivity index (χ3n) is 8.34. The molecule has 49 heavy (non-hydrogen) atoms. The van der Waals surface area contributed by atoms with Gasteiger partial charge in [0.25, 0.3) is 0 Å². The molecule has 2 aromatic carbocycles. The van der Waals surface area contributed by atoms with Crippen LogP contribution in [0.2, 0.25) is 0 Å². The Balaban J connectivity index is 1.90. The number of amides is 3. The Morgan fingerprint density at radius 1 is 0.939 bits per heavy atom. The smallest absolute Gasteiger partial charge is 0.408 e. The van der Waals surface area contributed by atoms with Crippen molar-refractivity contribution in [3.63, 3.8) is 0 Å². The van der Waals surface area contributed by atoms with Gasteiger partial charge in [0, 0.05) is 63.5 Å². The van der Waals surface area contributed by atoms with Gasteiger partial charge in [0.15, 0.2) is 0 Å². The predicted octanol–water partition coefficient (Wildman–Crippen LogP) is 5.99. The Hall–Kier alpha value is -3.58. The van der Waals surface area contributed by atoms with Crippen molar-refractivity contribution in [3.8, 4) is 0 Å². The lowest BCUT2D eigenvalue weighted by Gasteiger charge is -2.46. The van der Waals surface area contributed by atoms with Gasteiger partial charge in [0.1, 0.15) is 11.6 Å². The van der Waals surface area contributed by atoms with Crippen LogP contribution in [0.15, 0.2) is 72.1 Å². The number of rotatable bonds is 14. The molecule has 0 saturated heterocycles. The van der Waals surface area contributed by atoms with E-state index < -0.39 is 38.8 Å². The quantitative estimate of drug-likeness (QED) is 0.198. The summed E-state index contributed by atoms with van der Waals surface area (Å²) in [6.07, 6.45) is 6.25. The first kappa shape index (κ1) is 39.9. The molecule has 0 unspecified atom stereocenters. The molecule has 0 saturated carbocycles. The number of carbonyl (C=O) groups excluding carboxylic acids is 3. The molecule has 3 aromatic rings. The van der Waals surface area contributed by atoms with Crippen molar-refractivity contribution in [2.75, 3.05) is 40.2 Å². The molecule has 1 aromatic heterocycles. The Kier molecular flexibility index (Phi) is 12.6. The van der Waals surface area contributed by atoms with Crippen LogP contribution in [0.3, 0.4) is 0 Å². The fraction of sp³-hybridized carbons (Fsp3) is 0.486. The van der Waals surface area contributed by atoms with Crippen molar-refractivity contribution in [2.45, 2.75) is 77.1 Å². The highest BCUT2D eigenvalue weighted by molar-refractivity contribution is 8.11. The lowest BCUT2D eigenvalue weighted by atomic mass is 9.99. The second kappa shape index (κ2) is 15.5. The largest absolute Gasteiger partial charge is 0.444 e. The summed E-state index contributed by atoms with van der Waals surface area (Å²) >= 11 is 1.56. The van der Waals surface area contributed by atoms with E-state index in [1.807, 2.05) is 73.8 Å². The third kappa shape index (κ3) is 12.4. The molecule has 0 aliphatic carbocycles. The van der Waals surface area contributed by atoms with Crippen LogP contribution in [0.5, 0.6) is 0 Å². The summed E-state index contributed by atoms with van der Waals surface area (Å²) in [4.78, 5) is 44.6. The van der Waals surface area contributed by atoms with Crippen molar-refractivity contribution >= 4 is 49.5 Å². The average molecular weight is 715 g/mol. The minimum absolute atomic E-state index is 0.148. The van der Waals surface area contributed by atoms with E-state index in [0.29, 0.717) is 12.8 Å². The zero-order valence-corrected chi connectivity index (χ0v) is 32.2. The highest BCUT2D eigenvalue weighted by Gasteiger charge is 2.34. The molecule has 0 fully saturated rings. The first-order valence-corrected chi connectivity index (χ1v) is 19.9. The summed E-state index contributed by atoms with van der Waals surface area (Å²) in [5.41, 5.74) is -0.440. The molecule has 3 rings (SSSR count). The van der Waals surface area contributed by atoms with E-state index in [9.17, 15) is 23.1 Å². The average Bonchev–Trinajstić information content (AvgIpc) is 3.49. The lowest BCUT2D eigenvalue weighted by Crippen LogP contribution is -2.56. The molecule has 0 spiro atoms. The maximum Gasteiger partial charge on any atom is 0.408 e. The van der Waals surface area contributed by atoms with Gasteiger partial charge in [-0.05, 0) is 74.9 Å². The molecular formula is C37H54N4O6S2.